The average molecular weight is 355 g/mol. The fourth-order valence-corrected chi connectivity index (χ4v) is 3.62. The summed E-state index contributed by atoms with van der Waals surface area (Å²) < 4.78 is 23.5. The van der Waals surface area contributed by atoms with Gasteiger partial charge in [0.2, 0.25) is 0 Å². The van der Waals surface area contributed by atoms with Gasteiger partial charge in [0.05, 0.1) is 9.82 Å². The normalized spacial score (nSPS) is 19.8. The lowest BCUT2D eigenvalue weighted by molar-refractivity contribution is -0.385. The Hall–Kier alpha value is -2.00. The van der Waals surface area contributed by atoms with Crippen molar-refractivity contribution in [3.63, 3.8) is 0 Å². The second kappa shape index (κ2) is 6.86. The Kier molecular flexibility index (Phi) is 5.24. The predicted molar refractivity (Wildman–Crippen MR) is 88.5 cm³/mol. The smallest absolute Gasteiger partial charge is 0.271 e. The second-order valence-electron chi connectivity index (χ2n) is 6.17. The molecule has 2 N–H and O–H groups in total. The highest BCUT2D eigenvalue weighted by molar-refractivity contribution is 7.90. The van der Waals surface area contributed by atoms with Crippen LogP contribution in [-0.2, 0) is 9.84 Å². The van der Waals surface area contributed by atoms with Crippen molar-refractivity contribution in [2.75, 3.05) is 12.8 Å². The molecular weight excluding hydrogens is 334 g/mol. The van der Waals surface area contributed by atoms with Crippen molar-refractivity contribution in [2.24, 2.45) is 5.73 Å². The zero-order chi connectivity index (χ0) is 18.1. The summed E-state index contributed by atoms with van der Waals surface area (Å²) in [5.74, 6) is -0.425. The fraction of sp³-hybridized carbons (Fsp3) is 0.533. The molecule has 0 spiro atoms. The third-order valence-corrected chi connectivity index (χ3v) is 5.29. The molecule has 1 aromatic rings. The Balaban J connectivity index is 2.48. The van der Waals surface area contributed by atoms with Crippen molar-refractivity contribution in [2.45, 2.75) is 43.2 Å². The van der Waals surface area contributed by atoms with Gasteiger partial charge in [-0.1, -0.05) is 0 Å². The average Bonchev–Trinajstić information content (AvgIpc) is 2.52. The van der Waals surface area contributed by atoms with Gasteiger partial charge in [-0.15, -0.1) is 0 Å². The van der Waals surface area contributed by atoms with Crippen molar-refractivity contribution >= 4 is 21.4 Å². The predicted octanol–water partition coefficient (Wildman–Crippen LogP) is 1.34. The van der Waals surface area contributed by atoms with E-state index in [9.17, 15) is 23.3 Å². The number of carbonyl (C=O) groups excluding carboxylic acids is 1. The maximum atomic E-state index is 12.8. The minimum atomic E-state index is -3.68. The van der Waals surface area contributed by atoms with E-state index in [1.54, 1.807) is 4.90 Å². The SMILES string of the molecule is CC(N)C1CCCCN1C(=O)c1cc([N+](=O)[O-])cc(S(C)(=O)=O)c1. The molecule has 0 bridgehead atoms. The highest BCUT2D eigenvalue weighted by atomic mass is 32.2. The summed E-state index contributed by atoms with van der Waals surface area (Å²) in [5, 5.41) is 11.1. The number of nitrogens with two attached hydrogens (primary N) is 1. The van der Waals surface area contributed by atoms with Crippen molar-refractivity contribution in [1.29, 1.82) is 0 Å². The minimum Gasteiger partial charge on any atom is -0.334 e. The first-order valence-electron chi connectivity index (χ1n) is 7.67. The third kappa shape index (κ3) is 3.90. The zero-order valence-corrected chi connectivity index (χ0v) is 14.5. The standard InChI is InChI=1S/C15H21N3O5S/c1-10(16)14-5-3-4-6-17(14)15(19)11-7-12(18(20)21)9-13(8-11)24(2,22)23/h7-10,14H,3-6,16H2,1-2H3. The maximum Gasteiger partial charge on any atom is 0.271 e. The molecule has 1 aliphatic heterocycles. The van der Waals surface area contributed by atoms with Crippen LogP contribution in [0.1, 0.15) is 36.5 Å². The Morgan fingerprint density at radius 3 is 2.58 bits per heavy atom. The van der Waals surface area contributed by atoms with Gasteiger partial charge in [-0.2, -0.15) is 0 Å². The quantitative estimate of drug-likeness (QED) is 0.642. The summed E-state index contributed by atoms with van der Waals surface area (Å²) in [4.78, 5) is 24.5. The van der Waals surface area contributed by atoms with E-state index in [2.05, 4.69) is 0 Å². The Morgan fingerprint density at radius 1 is 1.38 bits per heavy atom. The van der Waals surface area contributed by atoms with E-state index >= 15 is 0 Å². The molecule has 2 unspecified atom stereocenters. The minimum absolute atomic E-state index is 0.00262. The first-order chi connectivity index (χ1) is 11.1. The first kappa shape index (κ1) is 18.3. The number of nitro benzene ring substituents is 1. The lowest BCUT2D eigenvalue weighted by Gasteiger charge is -2.38. The maximum absolute atomic E-state index is 12.8. The van der Waals surface area contributed by atoms with Crippen LogP contribution in [0.15, 0.2) is 23.1 Å². The lowest BCUT2D eigenvalue weighted by Crippen LogP contribution is -2.51. The van der Waals surface area contributed by atoms with Gasteiger partial charge in [0.1, 0.15) is 0 Å². The molecule has 1 aromatic carbocycles. The Bertz CT molecular complexity index is 760. The second-order valence-corrected chi connectivity index (χ2v) is 8.18. The highest BCUT2D eigenvalue weighted by Crippen LogP contribution is 2.25. The zero-order valence-electron chi connectivity index (χ0n) is 13.6. The number of nitrogens with zero attached hydrogens (tertiary/aromatic N) is 2. The van der Waals surface area contributed by atoms with E-state index in [1.165, 1.54) is 6.07 Å². The number of likely N-dealkylation sites (tertiary alicyclic amines) is 1. The molecule has 1 aliphatic rings. The number of hydrogen-bond donors (Lipinski definition) is 1. The number of non-ortho nitro benzene ring substituents is 1. The van der Waals surface area contributed by atoms with Crippen LogP contribution in [0.2, 0.25) is 0 Å². The van der Waals surface area contributed by atoms with Crippen LogP contribution in [0.3, 0.4) is 0 Å². The Labute approximate surface area is 140 Å². The van der Waals surface area contributed by atoms with Gasteiger partial charge in [0.15, 0.2) is 9.84 Å². The van der Waals surface area contributed by atoms with Crippen LogP contribution in [0.5, 0.6) is 0 Å². The van der Waals surface area contributed by atoms with Crippen molar-refractivity contribution in [3.05, 3.63) is 33.9 Å². The van der Waals surface area contributed by atoms with Gasteiger partial charge >= 0.3 is 0 Å². The monoisotopic (exact) mass is 355 g/mol. The van der Waals surface area contributed by atoms with Crippen molar-refractivity contribution in [3.8, 4) is 0 Å². The topological polar surface area (TPSA) is 124 Å². The van der Waals surface area contributed by atoms with Crippen LogP contribution >= 0.6 is 0 Å². The van der Waals surface area contributed by atoms with E-state index in [0.717, 1.165) is 37.7 Å². The number of amides is 1. The molecular formula is C15H21N3O5S. The van der Waals surface area contributed by atoms with Crippen LogP contribution in [0.4, 0.5) is 5.69 Å². The van der Waals surface area contributed by atoms with Gasteiger partial charge in [0, 0.05) is 42.6 Å². The molecule has 8 nitrogen and oxygen atoms in total. The van der Waals surface area contributed by atoms with Gasteiger partial charge in [0.25, 0.3) is 11.6 Å². The number of benzene rings is 1. The number of piperidine rings is 1. The van der Waals surface area contributed by atoms with Crippen LogP contribution in [0.25, 0.3) is 0 Å². The van der Waals surface area contributed by atoms with Crippen LogP contribution < -0.4 is 5.73 Å². The summed E-state index contributed by atoms with van der Waals surface area (Å²) in [5.41, 5.74) is 5.53. The molecule has 0 radical (unpaired) electrons. The number of rotatable bonds is 4. The number of hydrogen-bond acceptors (Lipinski definition) is 6. The molecule has 2 atom stereocenters. The molecule has 1 heterocycles. The molecule has 24 heavy (non-hydrogen) atoms. The summed E-state index contributed by atoms with van der Waals surface area (Å²) in [7, 11) is -3.68. The largest absolute Gasteiger partial charge is 0.334 e. The molecule has 2 rings (SSSR count). The fourth-order valence-electron chi connectivity index (χ4n) is 2.95. The van der Waals surface area contributed by atoms with Gasteiger partial charge < -0.3 is 10.6 Å². The van der Waals surface area contributed by atoms with E-state index in [-0.39, 0.29) is 22.5 Å². The van der Waals surface area contributed by atoms with Crippen molar-refractivity contribution in [1.82, 2.24) is 4.90 Å². The molecule has 132 valence electrons. The molecule has 0 aliphatic carbocycles. The summed E-state index contributed by atoms with van der Waals surface area (Å²) >= 11 is 0. The number of sulfone groups is 1. The van der Waals surface area contributed by atoms with Gasteiger partial charge in [-0.05, 0) is 32.3 Å². The molecule has 9 heteroatoms. The van der Waals surface area contributed by atoms with E-state index in [4.69, 9.17) is 5.73 Å². The molecule has 0 aromatic heterocycles. The Morgan fingerprint density at radius 2 is 2.04 bits per heavy atom. The van der Waals surface area contributed by atoms with Gasteiger partial charge in [-0.25, -0.2) is 8.42 Å². The molecule has 1 saturated heterocycles. The third-order valence-electron chi connectivity index (χ3n) is 4.19. The van der Waals surface area contributed by atoms with Crippen molar-refractivity contribution < 1.29 is 18.1 Å². The summed E-state index contributed by atoms with van der Waals surface area (Å²) in [6.45, 7) is 2.31. The van der Waals surface area contributed by atoms with Crippen LogP contribution in [-0.4, -0.2) is 49.0 Å². The molecule has 0 saturated carbocycles. The highest BCUT2D eigenvalue weighted by Gasteiger charge is 2.31. The summed E-state index contributed by atoms with van der Waals surface area (Å²) in [6.07, 6.45) is 3.49. The number of carbonyl (C=O) groups is 1. The van der Waals surface area contributed by atoms with E-state index < -0.39 is 26.4 Å². The van der Waals surface area contributed by atoms with Gasteiger partial charge in [-0.3, -0.25) is 14.9 Å². The van der Waals surface area contributed by atoms with E-state index in [1.807, 2.05) is 6.92 Å². The number of nitro groups is 1. The van der Waals surface area contributed by atoms with E-state index in [0.29, 0.717) is 6.54 Å². The van der Waals surface area contributed by atoms with Crippen LogP contribution in [0, 0.1) is 10.1 Å². The molecule has 1 fully saturated rings. The lowest BCUT2D eigenvalue weighted by atomic mass is 9.96. The summed E-state index contributed by atoms with van der Waals surface area (Å²) in [6, 6.07) is 2.88. The first-order valence-corrected chi connectivity index (χ1v) is 9.56. The molecule has 1 amide bonds.